The number of nitrogens with two attached hydrogens (primary N) is 1. The molecular formula is C14H18F3N. The third-order valence-electron chi connectivity index (χ3n) is 3.73. The van der Waals surface area contributed by atoms with Crippen molar-refractivity contribution in [1.82, 2.24) is 0 Å². The molecule has 0 aliphatic heterocycles. The fraction of sp³-hybridized carbons (Fsp3) is 0.571. The third-order valence-corrected chi connectivity index (χ3v) is 3.73. The molecule has 4 heteroatoms. The van der Waals surface area contributed by atoms with Crippen LogP contribution < -0.4 is 5.73 Å². The predicted molar refractivity (Wildman–Crippen MR) is 65.3 cm³/mol. The lowest BCUT2D eigenvalue weighted by Crippen LogP contribution is -2.30. The second-order valence-electron chi connectivity index (χ2n) is 4.98. The molecule has 0 saturated heterocycles. The van der Waals surface area contributed by atoms with E-state index in [1.165, 1.54) is 12.5 Å². The van der Waals surface area contributed by atoms with E-state index < -0.39 is 12.2 Å². The molecule has 1 aliphatic rings. The van der Waals surface area contributed by atoms with E-state index in [0.717, 1.165) is 31.2 Å². The molecular weight excluding hydrogens is 239 g/mol. The van der Waals surface area contributed by atoms with Gasteiger partial charge in [0.05, 0.1) is 0 Å². The fourth-order valence-electron chi connectivity index (χ4n) is 2.76. The van der Waals surface area contributed by atoms with Gasteiger partial charge >= 0.3 is 6.18 Å². The van der Waals surface area contributed by atoms with Crippen molar-refractivity contribution in [3.8, 4) is 0 Å². The number of benzene rings is 1. The number of halogens is 3. The molecule has 0 spiro atoms. The number of hydrogen-bond acceptors (Lipinski definition) is 1. The van der Waals surface area contributed by atoms with Crippen LogP contribution in [0.5, 0.6) is 0 Å². The molecule has 2 N–H and O–H groups in total. The minimum absolute atomic E-state index is 0.239. The quantitative estimate of drug-likeness (QED) is 0.840. The van der Waals surface area contributed by atoms with E-state index in [9.17, 15) is 13.2 Å². The Balaban J connectivity index is 2.30. The van der Waals surface area contributed by atoms with E-state index in [-0.39, 0.29) is 11.5 Å². The van der Waals surface area contributed by atoms with E-state index in [1.54, 1.807) is 18.2 Å². The first-order chi connectivity index (χ1) is 8.50. The highest BCUT2D eigenvalue weighted by Crippen LogP contribution is 2.39. The topological polar surface area (TPSA) is 26.0 Å². The van der Waals surface area contributed by atoms with Crippen molar-refractivity contribution in [2.75, 3.05) is 0 Å². The van der Waals surface area contributed by atoms with Gasteiger partial charge in [-0.3, -0.25) is 0 Å². The minimum atomic E-state index is -4.37. The van der Waals surface area contributed by atoms with Crippen molar-refractivity contribution in [3.05, 3.63) is 35.4 Å². The van der Waals surface area contributed by atoms with Crippen LogP contribution in [0.3, 0.4) is 0 Å². The first-order valence-corrected chi connectivity index (χ1v) is 6.41. The Morgan fingerprint density at radius 3 is 2.28 bits per heavy atom. The lowest BCUT2D eigenvalue weighted by Gasteiger charge is -2.27. The maximum atomic E-state index is 12.8. The largest absolute Gasteiger partial charge is 0.407 e. The predicted octanol–water partition coefficient (Wildman–Crippen LogP) is 4.30. The molecule has 2 rings (SSSR count). The maximum absolute atomic E-state index is 12.8. The van der Waals surface area contributed by atoms with Crippen molar-refractivity contribution < 1.29 is 13.2 Å². The van der Waals surface area contributed by atoms with Crippen LogP contribution in [-0.2, 0) is 0 Å². The smallest absolute Gasteiger partial charge is 0.316 e. The number of rotatable bonds is 2. The minimum Gasteiger partial charge on any atom is -0.316 e. The van der Waals surface area contributed by atoms with Gasteiger partial charge in [-0.25, -0.2) is 0 Å². The Morgan fingerprint density at radius 1 is 1.06 bits per heavy atom. The van der Waals surface area contributed by atoms with E-state index in [4.69, 9.17) is 5.73 Å². The summed E-state index contributed by atoms with van der Waals surface area (Å²) >= 11 is 0. The zero-order chi connectivity index (χ0) is 13.2. The summed E-state index contributed by atoms with van der Waals surface area (Å²) in [6.07, 6.45) is 0.957. The summed E-state index contributed by atoms with van der Waals surface area (Å²) in [6, 6.07) is 4.89. The summed E-state index contributed by atoms with van der Waals surface area (Å²) < 4.78 is 38.3. The molecule has 0 unspecified atom stereocenters. The average Bonchev–Trinajstić information content (AvgIpc) is 2.38. The Labute approximate surface area is 105 Å². The highest BCUT2D eigenvalue weighted by atomic mass is 19.4. The van der Waals surface area contributed by atoms with Crippen LogP contribution in [0, 0.1) is 0 Å². The van der Waals surface area contributed by atoms with E-state index in [1.807, 2.05) is 0 Å². The van der Waals surface area contributed by atoms with E-state index in [2.05, 4.69) is 0 Å². The fourth-order valence-corrected chi connectivity index (χ4v) is 2.76. The van der Waals surface area contributed by atoms with Crippen LogP contribution in [0.15, 0.2) is 24.3 Å². The molecule has 1 saturated carbocycles. The molecule has 18 heavy (non-hydrogen) atoms. The zero-order valence-electron chi connectivity index (χ0n) is 10.2. The van der Waals surface area contributed by atoms with Gasteiger partial charge in [-0.05, 0) is 29.9 Å². The normalized spacial score (nSPS) is 19.8. The third kappa shape index (κ3) is 2.86. The molecule has 1 fully saturated rings. The van der Waals surface area contributed by atoms with Gasteiger partial charge in [0, 0.05) is 0 Å². The molecule has 1 aromatic carbocycles. The molecule has 0 bridgehead atoms. The van der Waals surface area contributed by atoms with Gasteiger partial charge in [0.1, 0.15) is 6.04 Å². The lowest BCUT2D eigenvalue weighted by molar-refractivity contribution is -0.149. The summed E-state index contributed by atoms with van der Waals surface area (Å²) in [4.78, 5) is 0. The molecule has 1 nitrogen and oxygen atoms in total. The van der Waals surface area contributed by atoms with Gasteiger partial charge in [0.2, 0.25) is 0 Å². The summed E-state index contributed by atoms with van der Waals surface area (Å²) in [5.41, 5.74) is 6.40. The van der Waals surface area contributed by atoms with Gasteiger partial charge in [0.15, 0.2) is 0 Å². The number of alkyl halides is 3. The zero-order valence-corrected chi connectivity index (χ0v) is 10.2. The second-order valence-corrected chi connectivity index (χ2v) is 4.98. The molecule has 1 aliphatic carbocycles. The van der Waals surface area contributed by atoms with Gasteiger partial charge in [0.25, 0.3) is 0 Å². The second kappa shape index (κ2) is 5.31. The van der Waals surface area contributed by atoms with Crippen LogP contribution in [0.25, 0.3) is 0 Å². The molecule has 0 radical (unpaired) electrons. The molecule has 100 valence electrons. The van der Waals surface area contributed by atoms with Crippen molar-refractivity contribution in [1.29, 1.82) is 0 Å². The van der Waals surface area contributed by atoms with Crippen molar-refractivity contribution in [2.45, 2.75) is 50.2 Å². The van der Waals surface area contributed by atoms with Gasteiger partial charge < -0.3 is 5.73 Å². The van der Waals surface area contributed by atoms with Crippen molar-refractivity contribution in [3.63, 3.8) is 0 Å². The van der Waals surface area contributed by atoms with Crippen LogP contribution in [0.2, 0.25) is 0 Å². The molecule has 0 heterocycles. The van der Waals surface area contributed by atoms with Gasteiger partial charge in [-0.2, -0.15) is 13.2 Å². The van der Waals surface area contributed by atoms with E-state index >= 15 is 0 Å². The molecule has 1 aromatic rings. The van der Waals surface area contributed by atoms with Crippen LogP contribution in [0.1, 0.15) is 55.2 Å². The van der Waals surface area contributed by atoms with Gasteiger partial charge in [-0.15, -0.1) is 0 Å². The van der Waals surface area contributed by atoms with Crippen LogP contribution in [-0.4, -0.2) is 6.18 Å². The van der Waals surface area contributed by atoms with Crippen molar-refractivity contribution in [2.24, 2.45) is 5.73 Å². The molecule has 0 aromatic heterocycles. The van der Waals surface area contributed by atoms with Gasteiger partial charge in [-0.1, -0.05) is 43.5 Å². The molecule has 0 amide bonds. The van der Waals surface area contributed by atoms with Crippen LogP contribution >= 0.6 is 0 Å². The maximum Gasteiger partial charge on any atom is 0.407 e. The Bertz CT molecular complexity index is 394. The van der Waals surface area contributed by atoms with Crippen molar-refractivity contribution >= 4 is 0 Å². The summed E-state index contributed by atoms with van der Waals surface area (Å²) in [5.74, 6) is 0.239. The lowest BCUT2D eigenvalue weighted by atomic mass is 9.81. The summed E-state index contributed by atoms with van der Waals surface area (Å²) in [6.45, 7) is 0. The summed E-state index contributed by atoms with van der Waals surface area (Å²) in [7, 11) is 0. The molecule has 1 atom stereocenters. The first kappa shape index (κ1) is 13.4. The average molecular weight is 257 g/mol. The highest BCUT2D eigenvalue weighted by molar-refractivity contribution is 5.34. The first-order valence-electron chi connectivity index (χ1n) is 6.41. The summed E-state index contributed by atoms with van der Waals surface area (Å²) in [5, 5.41) is 0. The van der Waals surface area contributed by atoms with E-state index in [0.29, 0.717) is 0 Å². The number of hydrogen-bond donors (Lipinski definition) is 1. The highest BCUT2D eigenvalue weighted by Gasteiger charge is 2.39. The Hall–Kier alpha value is -1.03. The monoisotopic (exact) mass is 257 g/mol. The Kier molecular flexibility index (Phi) is 3.95. The standard InChI is InChI=1S/C14H18F3N/c15-14(16,17)13(18)12-9-5-4-8-11(12)10-6-2-1-3-7-10/h4-5,8-10,13H,1-3,6-7,18H2/t13-/m0/s1. The Morgan fingerprint density at radius 2 is 1.67 bits per heavy atom. The van der Waals surface area contributed by atoms with Crippen LogP contribution in [0.4, 0.5) is 13.2 Å². The SMILES string of the molecule is N[C@@H](c1ccccc1C1CCCCC1)C(F)(F)F.